The van der Waals surface area contributed by atoms with Crippen molar-refractivity contribution in [2.24, 2.45) is 0 Å². The number of Topliss-reactive ketones (excluding diaryl/α,β-unsaturated/α-hetero) is 2. The predicted molar refractivity (Wildman–Crippen MR) is 41.5 cm³/mol. The molecule has 0 unspecified atom stereocenters. The zero-order valence-corrected chi connectivity index (χ0v) is 5.89. The van der Waals surface area contributed by atoms with E-state index in [1.54, 1.807) is 0 Å². The Labute approximate surface area is 89.0 Å². The topological polar surface area (TPSA) is 101 Å². The van der Waals surface area contributed by atoms with Gasteiger partial charge in [0, 0.05) is 0 Å². The smallest absolute Gasteiger partial charge is 0.383 e. The fourth-order valence-corrected chi connectivity index (χ4v) is 0.801. The summed E-state index contributed by atoms with van der Waals surface area (Å²) in [4.78, 5) is 31.7. The molecular formula is C6H8MgO6. The Morgan fingerprint density at radius 1 is 1.38 bits per heavy atom. The highest BCUT2D eigenvalue weighted by molar-refractivity contribution is 6.65. The predicted octanol–water partition coefficient (Wildman–Crippen LogP) is -3.51. The number of ether oxygens (including phenoxy) is 1. The van der Waals surface area contributed by atoms with E-state index in [0.29, 0.717) is 0 Å². The van der Waals surface area contributed by atoms with Gasteiger partial charge in [-0.3, -0.25) is 9.59 Å². The van der Waals surface area contributed by atoms with Gasteiger partial charge in [0.15, 0.2) is 6.10 Å². The number of cyclic esters (lactones) is 1. The number of carbonyl (C=O) groups is 3. The third-order valence-electron chi connectivity index (χ3n) is 1.44. The van der Waals surface area contributed by atoms with Gasteiger partial charge in [-0.15, -0.1) is 0 Å². The van der Waals surface area contributed by atoms with Crippen molar-refractivity contribution in [2.45, 2.75) is 12.2 Å². The molecule has 1 fully saturated rings. The molecule has 0 spiro atoms. The number of carbonyl (C=O) groups excluding carboxylic acids is 3. The monoisotopic (exact) mass is 200 g/mol. The molecule has 1 aliphatic heterocycles. The highest BCUT2D eigenvalue weighted by Crippen LogP contribution is 2.10. The van der Waals surface area contributed by atoms with Gasteiger partial charge in [-0.1, -0.05) is 0 Å². The molecule has 2 atom stereocenters. The summed E-state index contributed by atoms with van der Waals surface area (Å²) in [6, 6.07) is 0. The second-order valence-corrected chi connectivity index (χ2v) is 2.27. The minimum absolute atomic E-state index is 0. The molecule has 0 saturated carbocycles. The van der Waals surface area contributed by atoms with E-state index in [-0.39, 0.29) is 23.1 Å². The lowest BCUT2D eigenvalue weighted by atomic mass is 10.1. The van der Waals surface area contributed by atoms with Crippen molar-refractivity contribution in [1.82, 2.24) is 0 Å². The van der Waals surface area contributed by atoms with Crippen LogP contribution in [-0.2, 0) is 19.1 Å². The Morgan fingerprint density at radius 3 is 2.23 bits per heavy atom. The average Bonchev–Trinajstić information content (AvgIpc) is 2.32. The van der Waals surface area contributed by atoms with Crippen molar-refractivity contribution in [2.75, 3.05) is 6.61 Å². The number of hydrogen-bond acceptors (Lipinski definition) is 6. The van der Waals surface area contributed by atoms with Crippen LogP contribution in [0.25, 0.3) is 0 Å². The molecule has 1 saturated heterocycles. The van der Waals surface area contributed by atoms with E-state index in [1.807, 2.05) is 0 Å². The van der Waals surface area contributed by atoms with Gasteiger partial charge >= 0.3 is 34.8 Å². The molecule has 2 N–H and O–H groups in total. The highest BCUT2D eigenvalue weighted by atomic mass is 24.3. The van der Waals surface area contributed by atoms with E-state index < -0.39 is 36.4 Å². The number of rotatable bonds is 2. The molecule has 70 valence electrons. The van der Waals surface area contributed by atoms with Crippen LogP contribution in [-0.4, -0.2) is 69.6 Å². The molecule has 0 radical (unpaired) electrons. The van der Waals surface area contributed by atoms with E-state index in [1.165, 1.54) is 0 Å². The second kappa shape index (κ2) is 4.65. The van der Waals surface area contributed by atoms with Gasteiger partial charge in [-0.25, -0.2) is 4.79 Å². The lowest BCUT2D eigenvalue weighted by molar-refractivity contribution is -0.152. The SMILES string of the molecule is O=C1O[C@H]([C@@H](O)CO)C(=O)C1=O.[MgH2]. The first-order chi connectivity index (χ1) is 5.57. The van der Waals surface area contributed by atoms with Gasteiger partial charge in [0.05, 0.1) is 6.61 Å². The molecule has 13 heavy (non-hydrogen) atoms. The number of aliphatic hydroxyl groups is 2. The van der Waals surface area contributed by atoms with Crippen LogP contribution in [0.4, 0.5) is 0 Å². The zero-order valence-electron chi connectivity index (χ0n) is 5.89. The van der Waals surface area contributed by atoms with Crippen molar-refractivity contribution >= 4 is 40.6 Å². The maximum atomic E-state index is 10.7. The molecule has 7 heteroatoms. The van der Waals surface area contributed by atoms with Crippen molar-refractivity contribution < 1.29 is 29.3 Å². The van der Waals surface area contributed by atoms with Crippen LogP contribution < -0.4 is 0 Å². The van der Waals surface area contributed by atoms with Crippen molar-refractivity contribution in [3.8, 4) is 0 Å². The summed E-state index contributed by atoms with van der Waals surface area (Å²) >= 11 is 0. The van der Waals surface area contributed by atoms with Gasteiger partial charge in [0.2, 0.25) is 0 Å². The first-order valence-electron chi connectivity index (χ1n) is 3.16. The largest absolute Gasteiger partial charge is 0.445 e. The van der Waals surface area contributed by atoms with Crippen LogP contribution >= 0.6 is 0 Å². The number of esters is 1. The van der Waals surface area contributed by atoms with E-state index in [2.05, 4.69) is 4.74 Å². The normalized spacial score (nSPS) is 23.8. The standard InChI is InChI=1S/C6H6O6.Mg.2H/c7-1-2(8)5-3(9)4(10)6(11)12-5;;;/h2,5,7-8H,1H2;;;/t2-,5+;;;/m0.../s1. The lowest BCUT2D eigenvalue weighted by Crippen LogP contribution is -2.35. The van der Waals surface area contributed by atoms with E-state index in [4.69, 9.17) is 10.2 Å². The Hall–Kier alpha value is -0.504. The molecule has 1 heterocycles. The van der Waals surface area contributed by atoms with E-state index >= 15 is 0 Å². The van der Waals surface area contributed by atoms with Crippen LogP contribution in [0.15, 0.2) is 0 Å². The summed E-state index contributed by atoms with van der Waals surface area (Å²) in [6.07, 6.45) is -3.05. The Morgan fingerprint density at radius 2 is 1.92 bits per heavy atom. The van der Waals surface area contributed by atoms with Crippen LogP contribution in [0.1, 0.15) is 0 Å². The van der Waals surface area contributed by atoms with Gasteiger partial charge in [-0.2, -0.15) is 0 Å². The van der Waals surface area contributed by atoms with E-state index in [9.17, 15) is 14.4 Å². The summed E-state index contributed by atoms with van der Waals surface area (Å²) in [5.41, 5.74) is 0. The van der Waals surface area contributed by atoms with Gasteiger partial charge in [-0.05, 0) is 0 Å². The molecule has 0 amide bonds. The third kappa shape index (κ3) is 2.24. The molecule has 0 bridgehead atoms. The minimum Gasteiger partial charge on any atom is -0.445 e. The van der Waals surface area contributed by atoms with Crippen molar-refractivity contribution in [1.29, 1.82) is 0 Å². The Bertz CT molecular complexity index is 250. The van der Waals surface area contributed by atoms with Gasteiger partial charge in [0.25, 0.3) is 5.78 Å². The summed E-state index contributed by atoms with van der Waals surface area (Å²) < 4.78 is 4.19. The molecule has 0 aromatic rings. The molecule has 0 aromatic carbocycles. The van der Waals surface area contributed by atoms with Gasteiger partial charge in [0.1, 0.15) is 6.10 Å². The number of hydrogen-bond donors (Lipinski definition) is 2. The van der Waals surface area contributed by atoms with Crippen LogP contribution in [0.3, 0.4) is 0 Å². The Balaban J connectivity index is 0.00000144. The first kappa shape index (κ1) is 12.5. The number of aliphatic hydroxyl groups excluding tert-OH is 2. The molecule has 1 rings (SSSR count). The molecule has 0 aromatic heterocycles. The molecular weight excluding hydrogens is 192 g/mol. The quantitative estimate of drug-likeness (QED) is 0.272. The Kier molecular flexibility index (Phi) is 4.47. The van der Waals surface area contributed by atoms with Crippen LogP contribution in [0.2, 0.25) is 0 Å². The zero-order chi connectivity index (χ0) is 9.30. The minimum atomic E-state index is -1.53. The third-order valence-corrected chi connectivity index (χ3v) is 1.44. The van der Waals surface area contributed by atoms with Crippen LogP contribution in [0, 0.1) is 0 Å². The fourth-order valence-electron chi connectivity index (χ4n) is 0.801. The number of ketones is 2. The average molecular weight is 200 g/mol. The molecule has 1 aliphatic rings. The summed E-state index contributed by atoms with van der Waals surface area (Å²) in [5.74, 6) is -3.67. The second-order valence-electron chi connectivity index (χ2n) is 2.27. The summed E-state index contributed by atoms with van der Waals surface area (Å²) in [7, 11) is 0. The van der Waals surface area contributed by atoms with Gasteiger partial charge < -0.3 is 14.9 Å². The summed E-state index contributed by atoms with van der Waals surface area (Å²) in [6.45, 7) is -0.739. The summed E-state index contributed by atoms with van der Waals surface area (Å²) in [5, 5.41) is 17.2. The highest BCUT2D eigenvalue weighted by Gasteiger charge is 2.45. The molecule has 0 aliphatic carbocycles. The van der Waals surface area contributed by atoms with Crippen molar-refractivity contribution in [3.05, 3.63) is 0 Å². The maximum Gasteiger partial charge on any atom is 0.383 e. The van der Waals surface area contributed by atoms with E-state index in [0.717, 1.165) is 0 Å². The maximum absolute atomic E-state index is 10.7. The first-order valence-corrected chi connectivity index (χ1v) is 3.16. The molecule has 6 nitrogen and oxygen atoms in total. The lowest BCUT2D eigenvalue weighted by Gasteiger charge is -2.10. The van der Waals surface area contributed by atoms with Crippen molar-refractivity contribution in [3.63, 3.8) is 0 Å². The van der Waals surface area contributed by atoms with Crippen LogP contribution in [0.5, 0.6) is 0 Å². The fraction of sp³-hybridized carbons (Fsp3) is 0.500.